The number of aryl methyl sites for hydroxylation is 1. The van der Waals surface area contributed by atoms with Crippen LogP contribution in [0.5, 0.6) is 0 Å². The van der Waals surface area contributed by atoms with E-state index in [-0.39, 0.29) is 0 Å². The molecular weight excluding hydrogens is 259 g/mol. The van der Waals surface area contributed by atoms with Crippen molar-refractivity contribution in [3.63, 3.8) is 0 Å². The summed E-state index contributed by atoms with van der Waals surface area (Å²) in [5.41, 5.74) is 2.90. The second-order valence-electron chi connectivity index (χ2n) is 6.13. The molecule has 0 atom stereocenters. The largest absolute Gasteiger partial charge is 0.0943 e. The Kier molecular flexibility index (Phi) is 4.22. The molecule has 0 radical (unpaired) electrons. The fraction of sp³-hybridized carbons (Fsp3) is 0.368. The summed E-state index contributed by atoms with van der Waals surface area (Å²) in [5.74, 6) is 0. The summed E-state index contributed by atoms with van der Waals surface area (Å²) in [6.45, 7) is 2.17. The third-order valence-corrected chi connectivity index (χ3v) is 9.29. The van der Waals surface area contributed by atoms with Crippen molar-refractivity contribution in [2.75, 3.05) is 12.3 Å². The first-order valence-electron chi connectivity index (χ1n) is 7.76. The van der Waals surface area contributed by atoms with Crippen LogP contribution in [0.1, 0.15) is 30.4 Å². The van der Waals surface area contributed by atoms with Gasteiger partial charge < -0.3 is 0 Å². The van der Waals surface area contributed by atoms with Gasteiger partial charge in [0, 0.05) is 0 Å². The molecule has 104 valence electrons. The maximum absolute atomic E-state index is 2.38. The van der Waals surface area contributed by atoms with Crippen LogP contribution >= 0.6 is 7.26 Å². The molecule has 1 aliphatic heterocycles. The van der Waals surface area contributed by atoms with Gasteiger partial charge in [-0.2, -0.15) is 0 Å². The average Bonchev–Trinajstić information content (AvgIpc) is 2.52. The van der Waals surface area contributed by atoms with E-state index in [2.05, 4.69) is 61.5 Å². The van der Waals surface area contributed by atoms with Crippen LogP contribution in [-0.4, -0.2) is 12.3 Å². The van der Waals surface area contributed by atoms with Crippen molar-refractivity contribution in [2.45, 2.75) is 32.3 Å². The van der Waals surface area contributed by atoms with Gasteiger partial charge >= 0.3 is 0 Å². The molecule has 0 spiro atoms. The Morgan fingerprint density at radius 3 is 2.10 bits per heavy atom. The molecule has 0 aliphatic carbocycles. The Bertz CT molecular complexity index is 536. The van der Waals surface area contributed by atoms with E-state index in [0.717, 1.165) is 0 Å². The van der Waals surface area contributed by atoms with Gasteiger partial charge in [0.1, 0.15) is 0 Å². The Hall–Kier alpha value is -1.13. The van der Waals surface area contributed by atoms with Gasteiger partial charge in [-0.05, 0) is 43.9 Å². The molecule has 1 heterocycles. The summed E-state index contributed by atoms with van der Waals surface area (Å²) < 4.78 is 0. The molecule has 0 saturated carbocycles. The van der Waals surface area contributed by atoms with Gasteiger partial charge in [0.15, 0.2) is 0 Å². The minimum Gasteiger partial charge on any atom is -0.0620 e. The van der Waals surface area contributed by atoms with E-state index in [9.17, 15) is 0 Å². The van der Waals surface area contributed by atoms with Gasteiger partial charge in [0.25, 0.3) is 0 Å². The predicted octanol–water partition coefficient (Wildman–Crippen LogP) is 5.02. The molecule has 2 aromatic carbocycles. The van der Waals surface area contributed by atoms with Gasteiger partial charge in [-0.25, -0.2) is 0 Å². The Morgan fingerprint density at radius 2 is 1.45 bits per heavy atom. The Morgan fingerprint density at radius 1 is 0.800 bits per heavy atom. The third kappa shape index (κ3) is 2.96. The molecule has 2 aromatic rings. The zero-order chi connectivity index (χ0) is 13.8. The van der Waals surface area contributed by atoms with Crippen LogP contribution in [0.25, 0.3) is 0 Å². The third-order valence-electron chi connectivity index (χ3n) is 4.58. The lowest BCUT2D eigenvalue weighted by Crippen LogP contribution is -2.22. The lowest BCUT2D eigenvalue weighted by molar-refractivity contribution is 0.746. The normalized spacial score (nSPS) is 17.9. The Balaban J connectivity index is 1.92. The van der Waals surface area contributed by atoms with Gasteiger partial charge in [-0.1, -0.05) is 48.0 Å². The van der Waals surface area contributed by atoms with Crippen molar-refractivity contribution >= 4 is 12.6 Å². The molecule has 0 amide bonds. The molecule has 1 fully saturated rings. The van der Waals surface area contributed by atoms with E-state index < -0.39 is 7.26 Å². The Labute approximate surface area is 123 Å². The van der Waals surface area contributed by atoms with Crippen LogP contribution in [0.3, 0.4) is 0 Å². The second-order valence-corrected chi connectivity index (χ2v) is 10.1. The van der Waals surface area contributed by atoms with Crippen LogP contribution in [0.15, 0.2) is 54.6 Å². The number of rotatable bonds is 3. The van der Waals surface area contributed by atoms with Gasteiger partial charge in [-0.3, -0.25) is 0 Å². The van der Waals surface area contributed by atoms with E-state index in [1.165, 1.54) is 48.9 Å². The molecule has 0 unspecified atom stereocenters. The molecule has 20 heavy (non-hydrogen) atoms. The number of benzene rings is 2. The summed E-state index contributed by atoms with van der Waals surface area (Å²) in [6, 6.07) is 20.6. The van der Waals surface area contributed by atoms with Gasteiger partial charge in [0.05, 0.1) is 31.1 Å². The van der Waals surface area contributed by atoms with Crippen molar-refractivity contribution in [1.82, 2.24) is 0 Å². The smallest absolute Gasteiger partial charge is 0.0620 e. The molecule has 1 saturated heterocycles. The number of hydrogen-bond acceptors (Lipinski definition) is 0. The van der Waals surface area contributed by atoms with Gasteiger partial charge in [0.2, 0.25) is 0 Å². The first kappa shape index (κ1) is 13.8. The summed E-state index contributed by atoms with van der Waals surface area (Å²) >= 11 is 0. The zero-order valence-electron chi connectivity index (χ0n) is 12.4. The van der Waals surface area contributed by atoms with Gasteiger partial charge in [-0.15, -0.1) is 0 Å². The summed E-state index contributed by atoms with van der Waals surface area (Å²) in [7, 11) is -0.980. The van der Waals surface area contributed by atoms with Crippen LogP contribution in [0.2, 0.25) is 0 Å². The van der Waals surface area contributed by atoms with E-state index in [4.69, 9.17) is 0 Å². The average molecular weight is 283 g/mol. The highest BCUT2D eigenvalue weighted by Crippen LogP contribution is 2.63. The van der Waals surface area contributed by atoms with Crippen LogP contribution in [0.4, 0.5) is 0 Å². The first-order chi connectivity index (χ1) is 9.78. The SMILES string of the molecule is Cc1ccc(C[P+]2(c3ccccc3)CCCCC2)cc1. The molecule has 1 aliphatic rings. The monoisotopic (exact) mass is 283 g/mol. The molecule has 0 nitrogen and oxygen atoms in total. The predicted molar refractivity (Wildman–Crippen MR) is 91.5 cm³/mol. The highest BCUT2D eigenvalue weighted by molar-refractivity contribution is 7.82. The quantitative estimate of drug-likeness (QED) is 0.694. The van der Waals surface area contributed by atoms with Crippen LogP contribution in [-0.2, 0) is 6.16 Å². The first-order valence-corrected chi connectivity index (χ1v) is 10.1. The molecule has 3 rings (SSSR count). The minimum atomic E-state index is -0.980. The number of hydrogen-bond donors (Lipinski definition) is 0. The van der Waals surface area contributed by atoms with Crippen molar-refractivity contribution < 1.29 is 0 Å². The lowest BCUT2D eigenvalue weighted by Gasteiger charge is -2.31. The molecule has 0 bridgehead atoms. The lowest BCUT2D eigenvalue weighted by atomic mass is 10.2. The van der Waals surface area contributed by atoms with E-state index in [0.29, 0.717) is 0 Å². The highest BCUT2D eigenvalue weighted by atomic mass is 31.2. The van der Waals surface area contributed by atoms with Crippen molar-refractivity contribution in [3.05, 3.63) is 65.7 Å². The van der Waals surface area contributed by atoms with Crippen molar-refractivity contribution in [1.29, 1.82) is 0 Å². The summed E-state index contributed by atoms with van der Waals surface area (Å²) in [6.07, 6.45) is 8.48. The summed E-state index contributed by atoms with van der Waals surface area (Å²) in [4.78, 5) is 0. The summed E-state index contributed by atoms with van der Waals surface area (Å²) in [5, 5.41) is 1.65. The van der Waals surface area contributed by atoms with Crippen molar-refractivity contribution in [2.24, 2.45) is 0 Å². The standard InChI is InChI=1S/C19H24P/c1-17-10-12-18(13-11-17)16-20(14-6-3-7-15-20)19-8-4-2-5-9-19/h2,4-5,8-13H,3,6-7,14-16H2,1H3/q+1. The second kappa shape index (κ2) is 6.10. The van der Waals surface area contributed by atoms with Crippen molar-refractivity contribution in [3.8, 4) is 0 Å². The maximum atomic E-state index is 2.38. The molecule has 0 N–H and O–H groups in total. The van der Waals surface area contributed by atoms with E-state index >= 15 is 0 Å². The van der Waals surface area contributed by atoms with Crippen LogP contribution < -0.4 is 5.30 Å². The minimum absolute atomic E-state index is 0.980. The molecule has 1 heteroatoms. The van der Waals surface area contributed by atoms with E-state index in [1.807, 2.05) is 0 Å². The zero-order valence-corrected chi connectivity index (χ0v) is 13.3. The van der Waals surface area contributed by atoms with E-state index in [1.54, 1.807) is 5.30 Å². The topological polar surface area (TPSA) is 0 Å². The fourth-order valence-electron chi connectivity index (χ4n) is 3.41. The molecular formula is C19H24P+. The van der Waals surface area contributed by atoms with Crippen LogP contribution in [0, 0.1) is 6.92 Å². The maximum Gasteiger partial charge on any atom is 0.0943 e. The molecule has 0 aromatic heterocycles. The fourth-order valence-corrected chi connectivity index (χ4v) is 8.02. The highest BCUT2D eigenvalue weighted by Gasteiger charge is 2.41.